The van der Waals surface area contributed by atoms with Crippen LogP contribution in [0.25, 0.3) is 11.0 Å². The molecule has 0 saturated carbocycles. The Hall–Kier alpha value is -2.01. The van der Waals surface area contributed by atoms with Gasteiger partial charge in [0.2, 0.25) is 0 Å². The highest BCUT2D eigenvalue weighted by molar-refractivity contribution is 7.99. The van der Waals surface area contributed by atoms with E-state index in [2.05, 4.69) is 5.32 Å². The number of fused-ring (bicyclic) bond motifs is 1. The average Bonchev–Trinajstić information content (AvgIpc) is 2.89. The Morgan fingerprint density at radius 1 is 1.05 bits per heavy atom. The third-order valence-electron chi connectivity index (χ3n) is 3.02. The summed E-state index contributed by atoms with van der Waals surface area (Å²) in [7, 11) is 0. The number of para-hydroxylation sites is 1. The van der Waals surface area contributed by atoms with E-state index in [1.807, 2.05) is 30.3 Å². The summed E-state index contributed by atoms with van der Waals surface area (Å²) in [5.41, 5.74) is 1.73. The summed E-state index contributed by atoms with van der Waals surface area (Å²) >= 11 is 0.545. The van der Waals surface area contributed by atoms with Gasteiger partial charge < -0.3 is 9.73 Å². The van der Waals surface area contributed by atoms with Gasteiger partial charge in [-0.05, 0) is 36.4 Å². The summed E-state index contributed by atoms with van der Waals surface area (Å²) in [6, 6.07) is 16.7. The Balaban J connectivity index is 1.64. The van der Waals surface area contributed by atoms with E-state index in [0.717, 1.165) is 22.4 Å². The van der Waals surface area contributed by atoms with Gasteiger partial charge in [-0.15, -0.1) is 0 Å². The first kappa shape index (κ1) is 13.9. The lowest BCUT2D eigenvalue weighted by Crippen LogP contribution is -1.97. The summed E-state index contributed by atoms with van der Waals surface area (Å²) in [6.45, 7) is 0.552. The molecule has 0 bridgehead atoms. The van der Waals surface area contributed by atoms with E-state index in [9.17, 15) is 8.78 Å². The van der Waals surface area contributed by atoms with Crippen molar-refractivity contribution in [3.05, 3.63) is 60.4 Å². The number of thioether (sulfide) groups is 1. The molecule has 0 aliphatic rings. The molecular formula is C16H13F2NOS. The van der Waals surface area contributed by atoms with Crippen LogP contribution in [0.3, 0.4) is 0 Å². The Bertz CT molecular complexity index is 691. The zero-order valence-electron chi connectivity index (χ0n) is 11.1. The Labute approximate surface area is 125 Å². The highest BCUT2D eigenvalue weighted by Crippen LogP contribution is 2.26. The maximum absolute atomic E-state index is 12.2. The number of nitrogens with one attached hydrogen (secondary N) is 1. The van der Waals surface area contributed by atoms with Crippen molar-refractivity contribution < 1.29 is 13.2 Å². The van der Waals surface area contributed by atoms with Crippen molar-refractivity contribution in [3.8, 4) is 0 Å². The van der Waals surface area contributed by atoms with E-state index in [4.69, 9.17) is 4.42 Å². The first-order valence-corrected chi connectivity index (χ1v) is 7.35. The maximum Gasteiger partial charge on any atom is 0.288 e. The monoisotopic (exact) mass is 305 g/mol. The van der Waals surface area contributed by atoms with Gasteiger partial charge in [-0.3, -0.25) is 0 Å². The maximum atomic E-state index is 12.2. The van der Waals surface area contributed by atoms with Gasteiger partial charge in [0.15, 0.2) is 0 Å². The Morgan fingerprint density at radius 3 is 2.52 bits per heavy atom. The van der Waals surface area contributed by atoms with E-state index >= 15 is 0 Å². The van der Waals surface area contributed by atoms with Gasteiger partial charge in [0.05, 0.1) is 6.54 Å². The Kier molecular flexibility index (Phi) is 4.10. The topological polar surface area (TPSA) is 25.2 Å². The van der Waals surface area contributed by atoms with Crippen LogP contribution in [-0.2, 0) is 6.54 Å². The second kappa shape index (κ2) is 6.18. The summed E-state index contributed by atoms with van der Waals surface area (Å²) in [5.74, 6) is -1.55. The van der Waals surface area contributed by atoms with Crippen molar-refractivity contribution in [3.63, 3.8) is 0 Å². The van der Waals surface area contributed by atoms with E-state index in [0.29, 0.717) is 23.2 Å². The number of hydrogen-bond donors (Lipinski definition) is 1. The van der Waals surface area contributed by atoms with E-state index < -0.39 is 5.76 Å². The zero-order chi connectivity index (χ0) is 14.7. The minimum atomic E-state index is -2.39. The van der Waals surface area contributed by atoms with Crippen LogP contribution in [0, 0.1) is 0 Å². The summed E-state index contributed by atoms with van der Waals surface area (Å²) < 4.78 is 30.2. The van der Waals surface area contributed by atoms with Crippen LogP contribution in [0.4, 0.5) is 14.5 Å². The molecule has 1 heterocycles. The van der Waals surface area contributed by atoms with Crippen LogP contribution in [0.15, 0.2) is 63.9 Å². The fourth-order valence-corrected chi connectivity index (χ4v) is 2.57. The average molecular weight is 305 g/mol. The first-order chi connectivity index (χ1) is 10.2. The van der Waals surface area contributed by atoms with Crippen LogP contribution in [0.5, 0.6) is 0 Å². The molecule has 3 aromatic rings. The molecule has 0 aliphatic heterocycles. The third-order valence-corrected chi connectivity index (χ3v) is 3.75. The molecule has 0 saturated heterocycles. The smallest absolute Gasteiger partial charge is 0.288 e. The van der Waals surface area contributed by atoms with Crippen LogP contribution in [-0.4, -0.2) is 5.76 Å². The molecule has 1 N–H and O–H groups in total. The van der Waals surface area contributed by atoms with E-state index in [1.54, 1.807) is 24.3 Å². The summed E-state index contributed by atoms with van der Waals surface area (Å²) in [5, 5.41) is 4.28. The van der Waals surface area contributed by atoms with Gasteiger partial charge in [-0.25, -0.2) is 0 Å². The van der Waals surface area contributed by atoms with Gasteiger partial charge >= 0.3 is 0 Å². The number of alkyl halides is 2. The summed E-state index contributed by atoms with van der Waals surface area (Å²) in [6.07, 6.45) is 0. The number of furan rings is 1. The minimum absolute atomic E-state index is 0.545. The van der Waals surface area contributed by atoms with Gasteiger partial charge in [-0.2, -0.15) is 8.78 Å². The van der Waals surface area contributed by atoms with Gasteiger partial charge in [0.25, 0.3) is 5.76 Å². The highest BCUT2D eigenvalue weighted by Gasteiger charge is 2.05. The van der Waals surface area contributed by atoms with Crippen LogP contribution < -0.4 is 5.32 Å². The first-order valence-electron chi connectivity index (χ1n) is 6.47. The standard InChI is InChI=1S/C16H13F2NOS/c17-16(18)21-14-7-5-12(6-8-14)19-10-13-9-11-3-1-2-4-15(11)20-13/h1-9,16,19H,10H2. The lowest BCUT2D eigenvalue weighted by atomic mass is 10.2. The molecule has 5 heteroatoms. The molecule has 0 amide bonds. The third kappa shape index (κ3) is 3.55. The second-order valence-corrected chi connectivity index (χ2v) is 5.57. The van der Waals surface area contributed by atoms with Gasteiger partial charge in [0, 0.05) is 16.0 Å². The number of rotatable bonds is 5. The molecule has 0 spiro atoms. The van der Waals surface area contributed by atoms with Crippen molar-refractivity contribution >= 4 is 28.4 Å². The Morgan fingerprint density at radius 2 is 1.81 bits per heavy atom. The predicted molar refractivity (Wildman–Crippen MR) is 81.8 cm³/mol. The zero-order valence-corrected chi connectivity index (χ0v) is 11.9. The molecule has 0 aliphatic carbocycles. The molecule has 2 nitrogen and oxygen atoms in total. The number of anilines is 1. The molecule has 0 atom stereocenters. The SMILES string of the molecule is FC(F)Sc1ccc(NCc2cc3ccccc3o2)cc1. The lowest BCUT2D eigenvalue weighted by molar-refractivity contribution is 0.252. The molecule has 21 heavy (non-hydrogen) atoms. The molecule has 0 unspecified atom stereocenters. The van der Waals surface area contributed by atoms with Crippen molar-refractivity contribution in [2.45, 2.75) is 17.2 Å². The second-order valence-electron chi connectivity index (χ2n) is 4.51. The molecule has 3 rings (SSSR count). The number of hydrogen-bond acceptors (Lipinski definition) is 3. The molecule has 108 valence electrons. The normalized spacial score (nSPS) is 11.2. The number of halogens is 2. The molecule has 0 fully saturated rings. The molecule has 0 radical (unpaired) electrons. The minimum Gasteiger partial charge on any atom is -0.459 e. The van der Waals surface area contributed by atoms with E-state index in [1.165, 1.54) is 0 Å². The van der Waals surface area contributed by atoms with Crippen molar-refractivity contribution in [1.82, 2.24) is 0 Å². The fourth-order valence-electron chi connectivity index (χ4n) is 2.07. The van der Waals surface area contributed by atoms with Crippen LogP contribution in [0.1, 0.15) is 5.76 Å². The van der Waals surface area contributed by atoms with Gasteiger partial charge in [0.1, 0.15) is 11.3 Å². The predicted octanol–water partition coefficient (Wildman–Crippen LogP) is 5.36. The van der Waals surface area contributed by atoms with E-state index in [-0.39, 0.29) is 0 Å². The van der Waals surface area contributed by atoms with Crippen LogP contribution >= 0.6 is 11.8 Å². The van der Waals surface area contributed by atoms with Crippen molar-refractivity contribution in [1.29, 1.82) is 0 Å². The summed E-state index contributed by atoms with van der Waals surface area (Å²) in [4.78, 5) is 0.555. The largest absolute Gasteiger partial charge is 0.459 e. The highest BCUT2D eigenvalue weighted by atomic mass is 32.2. The van der Waals surface area contributed by atoms with Crippen LogP contribution in [0.2, 0.25) is 0 Å². The molecule has 1 aromatic heterocycles. The fraction of sp³-hybridized carbons (Fsp3) is 0.125. The van der Waals surface area contributed by atoms with Gasteiger partial charge in [-0.1, -0.05) is 30.0 Å². The lowest BCUT2D eigenvalue weighted by Gasteiger charge is -2.05. The molecule has 2 aromatic carbocycles. The quantitative estimate of drug-likeness (QED) is 0.642. The number of benzene rings is 2. The molecular weight excluding hydrogens is 292 g/mol. The van der Waals surface area contributed by atoms with Crippen molar-refractivity contribution in [2.24, 2.45) is 0 Å². The van der Waals surface area contributed by atoms with Crippen molar-refractivity contribution in [2.75, 3.05) is 5.32 Å².